The highest BCUT2D eigenvalue weighted by Crippen LogP contribution is 2.43. The van der Waals surface area contributed by atoms with E-state index in [1.54, 1.807) is 31.1 Å². The van der Waals surface area contributed by atoms with E-state index in [1.807, 2.05) is 36.4 Å². The van der Waals surface area contributed by atoms with Crippen molar-refractivity contribution in [1.82, 2.24) is 9.80 Å². The summed E-state index contributed by atoms with van der Waals surface area (Å²) < 4.78 is 21.9. The molecule has 2 aromatic carbocycles. The summed E-state index contributed by atoms with van der Waals surface area (Å²) in [5.41, 5.74) is 2.37. The van der Waals surface area contributed by atoms with Gasteiger partial charge in [0.15, 0.2) is 11.5 Å². The average Bonchev–Trinajstić information content (AvgIpc) is 3.18. The second-order valence-corrected chi connectivity index (χ2v) is 7.76. The van der Waals surface area contributed by atoms with Gasteiger partial charge in [-0.05, 0) is 29.3 Å². The smallest absolute Gasteiger partial charge is 0.255 e. The van der Waals surface area contributed by atoms with Gasteiger partial charge in [0.2, 0.25) is 11.7 Å². The number of hydrogen-bond acceptors (Lipinski definition) is 6. The van der Waals surface area contributed by atoms with Crippen LogP contribution in [0.4, 0.5) is 0 Å². The predicted octanol–water partition coefficient (Wildman–Crippen LogP) is 2.66. The third kappa shape index (κ3) is 4.10. The molecule has 32 heavy (non-hydrogen) atoms. The van der Waals surface area contributed by atoms with Crippen LogP contribution in [0.2, 0.25) is 0 Å². The van der Waals surface area contributed by atoms with Crippen LogP contribution in [0, 0.1) is 0 Å². The first-order chi connectivity index (χ1) is 15.6. The second kappa shape index (κ2) is 9.48. The summed E-state index contributed by atoms with van der Waals surface area (Å²) >= 11 is 0. The Morgan fingerprint density at radius 3 is 2.28 bits per heavy atom. The Morgan fingerprint density at radius 2 is 1.69 bits per heavy atom. The van der Waals surface area contributed by atoms with Crippen molar-refractivity contribution < 1.29 is 28.5 Å². The van der Waals surface area contributed by atoms with Crippen molar-refractivity contribution in [3.05, 3.63) is 53.1 Å². The van der Waals surface area contributed by atoms with E-state index >= 15 is 0 Å². The highest BCUT2D eigenvalue weighted by Gasteiger charge is 2.36. The molecule has 0 N–H and O–H groups in total. The molecule has 170 valence electrons. The molecule has 0 aliphatic carbocycles. The quantitative estimate of drug-likeness (QED) is 0.659. The number of ether oxygens (including phenoxy) is 4. The molecule has 8 nitrogen and oxygen atoms in total. The molecule has 2 aromatic rings. The van der Waals surface area contributed by atoms with E-state index in [-0.39, 0.29) is 18.2 Å². The molecule has 0 aromatic heterocycles. The summed E-state index contributed by atoms with van der Waals surface area (Å²) in [7, 11) is 4.64. The van der Waals surface area contributed by atoms with Gasteiger partial charge in [-0.2, -0.15) is 0 Å². The van der Waals surface area contributed by atoms with Crippen LogP contribution in [-0.2, 0) is 16.1 Å². The van der Waals surface area contributed by atoms with Gasteiger partial charge in [0.1, 0.15) is 0 Å². The summed E-state index contributed by atoms with van der Waals surface area (Å²) in [6.45, 7) is 2.58. The summed E-state index contributed by atoms with van der Waals surface area (Å²) in [4.78, 5) is 30.0. The Bertz CT molecular complexity index is 977. The van der Waals surface area contributed by atoms with Crippen molar-refractivity contribution >= 4 is 11.8 Å². The molecule has 0 saturated carbocycles. The molecule has 2 heterocycles. The maximum Gasteiger partial charge on any atom is 0.255 e. The molecule has 8 heteroatoms. The number of hydrogen-bond donors (Lipinski definition) is 0. The molecule has 2 amide bonds. The van der Waals surface area contributed by atoms with Crippen LogP contribution in [0.3, 0.4) is 0 Å². The van der Waals surface area contributed by atoms with Crippen LogP contribution in [0.15, 0.2) is 36.4 Å². The highest BCUT2D eigenvalue weighted by molar-refractivity contribution is 5.99. The fourth-order valence-electron chi connectivity index (χ4n) is 4.34. The maximum atomic E-state index is 13.3. The van der Waals surface area contributed by atoms with E-state index in [9.17, 15) is 9.59 Å². The average molecular weight is 440 g/mol. The number of rotatable bonds is 7. The minimum absolute atomic E-state index is 0.0178. The standard InChI is InChI=1S/C24H28N2O6/c1-29-20-12-17(13-21(30-2)23(20)31-3)19(14-22(27)25-8-10-32-11-9-25)26-15-16-6-4-5-7-18(16)24(26)28/h4-7,12-13,19H,8-11,14-15H2,1-3H3. The van der Waals surface area contributed by atoms with Crippen molar-refractivity contribution in [2.75, 3.05) is 47.6 Å². The van der Waals surface area contributed by atoms with Crippen molar-refractivity contribution in [3.8, 4) is 17.2 Å². The zero-order valence-corrected chi connectivity index (χ0v) is 18.6. The molecule has 2 aliphatic rings. The van der Waals surface area contributed by atoms with Crippen LogP contribution in [0.25, 0.3) is 0 Å². The largest absolute Gasteiger partial charge is 0.493 e. The lowest BCUT2D eigenvalue weighted by molar-refractivity contribution is -0.136. The first kappa shape index (κ1) is 22.0. The Balaban J connectivity index is 1.73. The van der Waals surface area contributed by atoms with E-state index in [0.29, 0.717) is 55.7 Å². The lowest BCUT2D eigenvalue weighted by Crippen LogP contribution is -2.42. The highest BCUT2D eigenvalue weighted by atomic mass is 16.5. The van der Waals surface area contributed by atoms with Gasteiger partial charge >= 0.3 is 0 Å². The van der Waals surface area contributed by atoms with Crippen LogP contribution < -0.4 is 14.2 Å². The SMILES string of the molecule is COc1cc(C(CC(=O)N2CCOCC2)N2Cc3ccccc3C2=O)cc(OC)c1OC. The van der Waals surface area contributed by atoms with E-state index in [0.717, 1.165) is 11.1 Å². The zero-order chi connectivity index (χ0) is 22.7. The molecule has 4 rings (SSSR count). The van der Waals surface area contributed by atoms with Crippen molar-refractivity contribution in [2.24, 2.45) is 0 Å². The summed E-state index contributed by atoms with van der Waals surface area (Å²) in [6.07, 6.45) is 0.151. The summed E-state index contributed by atoms with van der Waals surface area (Å²) in [5.74, 6) is 1.32. The van der Waals surface area contributed by atoms with Crippen molar-refractivity contribution in [2.45, 2.75) is 19.0 Å². The van der Waals surface area contributed by atoms with E-state index in [1.165, 1.54) is 0 Å². The monoisotopic (exact) mass is 440 g/mol. The molecule has 1 atom stereocenters. The van der Waals surface area contributed by atoms with Crippen LogP contribution in [-0.4, -0.2) is 69.2 Å². The van der Waals surface area contributed by atoms with Gasteiger partial charge in [-0.1, -0.05) is 18.2 Å². The van der Waals surface area contributed by atoms with Crippen molar-refractivity contribution in [3.63, 3.8) is 0 Å². The van der Waals surface area contributed by atoms with E-state index in [2.05, 4.69) is 0 Å². The molecule has 2 aliphatic heterocycles. The summed E-state index contributed by atoms with van der Waals surface area (Å²) in [5, 5.41) is 0. The lowest BCUT2D eigenvalue weighted by atomic mass is 9.99. The molecular weight excluding hydrogens is 412 g/mol. The second-order valence-electron chi connectivity index (χ2n) is 7.76. The number of nitrogens with zero attached hydrogens (tertiary/aromatic N) is 2. The summed E-state index contributed by atoms with van der Waals surface area (Å²) in [6, 6.07) is 10.7. The first-order valence-corrected chi connectivity index (χ1v) is 10.6. The third-order valence-corrected chi connectivity index (χ3v) is 6.03. The normalized spacial score (nSPS) is 16.5. The van der Waals surface area contributed by atoms with Gasteiger partial charge in [0.25, 0.3) is 5.91 Å². The Hall–Kier alpha value is -3.26. The Morgan fingerprint density at radius 1 is 1.03 bits per heavy atom. The van der Waals surface area contributed by atoms with Crippen molar-refractivity contribution in [1.29, 1.82) is 0 Å². The van der Waals surface area contributed by atoms with Crippen LogP contribution in [0.1, 0.15) is 33.9 Å². The first-order valence-electron chi connectivity index (χ1n) is 10.6. The molecule has 0 radical (unpaired) electrons. The molecule has 0 bridgehead atoms. The number of methoxy groups -OCH3 is 3. The van der Waals surface area contributed by atoms with Gasteiger partial charge < -0.3 is 28.7 Å². The Labute approximate surface area is 187 Å². The lowest BCUT2D eigenvalue weighted by Gasteiger charge is -2.32. The van der Waals surface area contributed by atoms with Gasteiger partial charge in [0.05, 0.1) is 47.0 Å². The number of benzene rings is 2. The van der Waals surface area contributed by atoms with Crippen LogP contribution >= 0.6 is 0 Å². The number of amides is 2. The molecule has 1 saturated heterocycles. The fourth-order valence-corrected chi connectivity index (χ4v) is 4.34. The zero-order valence-electron chi connectivity index (χ0n) is 18.6. The van der Waals surface area contributed by atoms with E-state index < -0.39 is 6.04 Å². The molecular formula is C24H28N2O6. The van der Waals surface area contributed by atoms with Gasteiger partial charge in [-0.25, -0.2) is 0 Å². The van der Waals surface area contributed by atoms with Gasteiger partial charge in [-0.15, -0.1) is 0 Å². The van der Waals surface area contributed by atoms with Gasteiger partial charge in [-0.3, -0.25) is 9.59 Å². The molecule has 1 fully saturated rings. The molecule has 1 unspecified atom stereocenters. The fraction of sp³-hybridized carbons (Fsp3) is 0.417. The maximum absolute atomic E-state index is 13.3. The minimum atomic E-state index is -0.487. The van der Waals surface area contributed by atoms with Gasteiger partial charge in [0, 0.05) is 25.2 Å². The topological polar surface area (TPSA) is 77.5 Å². The minimum Gasteiger partial charge on any atom is -0.493 e. The number of morpholine rings is 1. The number of fused-ring (bicyclic) bond motifs is 1. The third-order valence-electron chi connectivity index (χ3n) is 6.03. The Kier molecular flexibility index (Phi) is 6.50. The van der Waals surface area contributed by atoms with Crippen LogP contribution in [0.5, 0.6) is 17.2 Å². The number of carbonyl (C=O) groups excluding carboxylic acids is 2. The number of carbonyl (C=O) groups is 2. The molecule has 0 spiro atoms. The predicted molar refractivity (Wildman–Crippen MR) is 117 cm³/mol. The van der Waals surface area contributed by atoms with E-state index in [4.69, 9.17) is 18.9 Å².